The summed E-state index contributed by atoms with van der Waals surface area (Å²) < 4.78 is 10.2. The molecule has 0 bridgehead atoms. The number of halogens is 1. The van der Waals surface area contributed by atoms with E-state index in [4.69, 9.17) is 16.3 Å². The maximum absolute atomic E-state index is 11.6. The van der Waals surface area contributed by atoms with Gasteiger partial charge in [0.05, 0.1) is 13.2 Å². The standard InChI is InChI=1S/C27H39ClO5/c1-4-5-8-12-25(33-19(2)29)20-14-16-21(17-15-20)27-22(23(28)18-24(27)30)11-9-6-7-10-13-26(31)32-3/h6,9,14-17,22-25,27,30H,4-5,7-8,10-13,18H2,1-3H3/b9-6-/t22-,23-,24+,25?,27+/m0/s1. The van der Waals surface area contributed by atoms with E-state index in [1.165, 1.54) is 14.0 Å². The molecule has 1 N–H and O–H groups in total. The van der Waals surface area contributed by atoms with Crippen LogP contribution in [0.4, 0.5) is 0 Å². The molecule has 0 saturated heterocycles. The average molecular weight is 479 g/mol. The maximum Gasteiger partial charge on any atom is 0.305 e. The zero-order valence-electron chi connectivity index (χ0n) is 20.2. The number of ether oxygens (including phenoxy) is 2. The summed E-state index contributed by atoms with van der Waals surface area (Å²) in [4.78, 5) is 22.8. The molecule has 1 aromatic rings. The molecule has 1 fully saturated rings. The monoisotopic (exact) mass is 478 g/mol. The van der Waals surface area contributed by atoms with E-state index in [0.717, 1.165) is 56.1 Å². The summed E-state index contributed by atoms with van der Waals surface area (Å²) in [5.74, 6) is -0.352. The Morgan fingerprint density at radius 2 is 1.91 bits per heavy atom. The minimum absolute atomic E-state index is 0.0338. The lowest BCUT2D eigenvalue weighted by molar-refractivity contribution is -0.147. The summed E-state index contributed by atoms with van der Waals surface area (Å²) in [5.41, 5.74) is 2.05. The van der Waals surface area contributed by atoms with E-state index in [-0.39, 0.29) is 35.3 Å². The van der Waals surface area contributed by atoms with Crippen LogP contribution in [0.15, 0.2) is 36.4 Å². The molecule has 0 heterocycles. The van der Waals surface area contributed by atoms with Crippen LogP contribution in [-0.2, 0) is 19.1 Å². The van der Waals surface area contributed by atoms with Crippen LogP contribution in [0.1, 0.15) is 94.8 Å². The molecule has 1 saturated carbocycles. The Kier molecular flexibility index (Phi) is 12.0. The van der Waals surface area contributed by atoms with Crippen molar-refractivity contribution >= 4 is 23.5 Å². The number of hydrogen-bond donors (Lipinski definition) is 1. The normalized spacial score (nSPS) is 23.5. The zero-order valence-corrected chi connectivity index (χ0v) is 20.9. The number of allylic oxidation sites excluding steroid dienone is 2. The van der Waals surface area contributed by atoms with Gasteiger partial charge in [0, 0.05) is 24.6 Å². The van der Waals surface area contributed by atoms with Crippen LogP contribution in [0, 0.1) is 5.92 Å². The molecule has 1 aliphatic carbocycles. The minimum Gasteiger partial charge on any atom is -0.469 e. The van der Waals surface area contributed by atoms with Gasteiger partial charge in [-0.25, -0.2) is 0 Å². The van der Waals surface area contributed by atoms with Crippen LogP contribution in [0.25, 0.3) is 0 Å². The fourth-order valence-electron chi connectivity index (χ4n) is 4.67. The fraction of sp³-hybridized carbons (Fsp3) is 0.630. The Balaban J connectivity index is 2.03. The molecular formula is C27H39ClO5. The summed E-state index contributed by atoms with van der Waals surface area (Å²) in [6.07, 6.45) is 10.9. The first-order valence-corrected chi connectivity index (χ1v) is 12.6. The molecule has 0 spiro atoms. The maximum atomic E-state index is 11.6. The van der Waals surface area contributed by atoms with Crippen molar-refractivity contribution in [2.24, 2.45) is 5.92 Å². The summed E-state index contributed by atoms with van der Waals surface area (Å²) in [6.45, 7) is 3.60. The van der Waals surface area contributed by atoms with Crippen molar-refractivity contribution in [1.29, 1.82) is 0 Å². The highest BCUT2D eigenvalue weighted by atomic mass is 35.5. The molecule has 0 aliphatic heterocycles. The number of methoxy groups -OCH3 is 1. The van der Waals surface area contributed by atoms with E-state index in [1.54, 1.807) is 0 Å². The molecule has 1 aliphatic rings. The van der Waals surface area contributed by atoms with Crippen molar-refractivity contribution in [3.8, 4) is 0 Å². The lowest BCUT2D eigenvalue weighted by Crippen LogP contribution is -2.18. The highest BCUT2D eigenvalue weighted by molar-refractivity contribution is 6.21. The predicted octanol–water partition coefficient (Wildman–Crippen LogP) is 6.23. The first kappa shape index (κ1) is 27.4. The number of benzene rings is 1. The second kappa shape index (κ2) is 14.4. The number of unbranched alkanes of at least 4 members (excludes halogenated alkanes) is 3. The Morgan fingerprint density at radius 3 is 2.55 bits per heavy atom. The second-order valence-corrected chi connectivity index (χ2v) is 9.51. The fourth-order valence-corrected chi connectivity index (χ4v) is 5.11. The summed E-state index contributed by atoms with van der Waals surface area (Å²) in [5, 5.41) is 10.6. The van der Waals surface area contributed by atoms with E-state index >= 15 is 0 Å². The summed E-state index contributed by atoms with van der Waals surface area (Å²) in [6, 6.07) is 8.12. The lowest BCUT2D eigenvalue weighted by Gasteiger charge is -2.24. The molecule has 0 amide bonds. The van der Waals surface area contributed by atoms with Crippen LogP contribution in [-0.4, -0.2) is 35.6 Å². The zero-order chi connectivity index (χ0) is 24.2. The minimum atomic E-state index is -0.482. The number of hydrogen-bond acceptors (Lipinski definition) is 5. The van der Waals surface area contributed by atoms with E-state index in [2.05, 4.69) is 23.8 Å². The van der Waals surface area contributed by atoms with Gasteiger partial charge in [0.25, 0.3) is 0 Å². The third kappa shape index (κ3) is 8.78. The van der Waals surface area contributed by atoms with Crippen molar-refractivity contribution in [1.82, 2.24) is 0 Å². The molecule has 1 unspecified atom stereocenters. The van der Waals surface area contributed by atoms with E-state index in [9.17, 15) is 14.7 Å². The van der Waals surface area contributed by atoms with Crippen molar-refractivity contribution in [2.45, 2.75) is 95.1 Å². The predicted molar refractivity (Wildman–Crippen MR) is 131 cm³/mol. The van der Waals surface area contributed by atoms with Crippen molar-refractivity contribution < 1.29 is 24.2 Å². The van der Waals surface area contributed by atoms with Crippen molar-refractivity contribution in [3.63, 3.8) is 0 Å². The molecule has 1 aromatic carbocycles. The highest BCUT2D eigenvalue weighted by Crippen LogP contribution is 2.45. The molecular weight excluding hydrogens is 440 g/mol. The largest absolute Gasteiger partial charge is 0.469 e. The molecule has 2 rings (SSSR count). The van der Waals surface area contributed by atoms with Gasteiger partial charge in [-0.3, -0.25) is 9.59 Å². The van der Waals surface area contributed by atoms with Crippen molar-refractivity contribution in [2.75, 3.05) is 7.11 Å². The van der Waals surface area contributed by atoms with Gasteiger partial charge in [-0.1, -0.05) is 56.2 Å². The molecule has 184 valence electrons. The molecule has 5 atom stereocenters. The lowest BCUT2D eigenvalue weighted by atomic mass is 9.84. The van der Waals surface area contributed by atoms with Crippen LogP contribution in [0.3, 0.4) is 0 Å². The van der Waals surface area contributed by atoms with Gasteiger partial charge in [0.15, 0.2) is 0 Å². The summed E-state index contributed by atoms with van der Waals surface area (Å²) >= 11 is 6.62. The smallest absolute Gasteiger partial charge is 0.305 e. The Bertz CT molecular complexity index is 760. The molecule has 0 aromatic heterocycles. The Hall–Kier alpha value is -1.85. The van der Waals surface area contributed by atoms with Gasteiger partial charge in [-0.2, -0.15) is 0 Å². The Labute approximate surface area is 203 Å². The van der Waals surface area contributed by atoms with Gasteiger partial charge in [-0.05, 0) is 55.6 Å². The molecule has 6 heteroatoms. The number of esters is 2. The highest BCUT2D eigenvalue weighted by Gasteiger charge is 2.41. The molecule has 0 radical (unpaired) electrons. The van der Waals surface area contributed by atoms with Crippen LogP contribution < -0.4 is 0 Å². The third-order valence-electron chi connectivity index (χ3n) is 6.43. The molecule has 33 heavy (non-hydrogen) atoms. The molecule has 5 nitrogen and oxygen atoms in total. The van der Waals surface area contributed by atoms with E-state index in [0.29, 0.717) is 12.8 Å². The quantitative estimate of drug-likeness (QED) is 0.157. The number of aliphatic hydroxyl groups is 1. The van der Waals surface area contributed by atoms with Crippen molar-refractivity contribution in [3.05, 3.63) is 47.5 Å². The average Bonchev–Trinajstić information content (AvgIpc) is 3.07. The first-order chi connectivity index (χ1) is 15.9. The number of carbonyl (C=O) groups is 2. The van der Waals surface area contributed by atoms with Crippen LogP contribution >= 0.6 is 11.6 Å². The van der Waals surface area contributed by atoms with Gasteiger partial charge in [-0.15, -0.1) is 11.6 Å². The number of rotatable bonds is 13. The second-order valence-electron chi connectivity index (χ2n) is 8.94. The number of alkyl halides is 1. The number of carbonyl (C=O) groups excluding carboxylic acids is 2. The first-order valence-electron chi connectivity index (χ1n) is 12.2. The number of aliphatic hydroxyl groups excluding tert-OH is 1. The van der Waals surface area contributed by atoms with Gasteiger partial charge >= 0.3 is 11.9 Å². The SMILES string of the molecule is CCCCCC(OC(C)=O)c1ccc([C@@H]2[C@@H](C/C=C\CCCC(=O)OC)[C@@H](Cl)C[C@H]2O)cc1. The van der Waals surface area contributed by atoms with Crippen LogP contribution in [0.2, 0.25) is 0 Å². The summed E-state index contributed by atoms with van der Waals surface area (Å²) in [7, 11) is 1.40. The van der Waals surface area contributed by atoms with E-state index in [1.807, 2.05) is 24.3 Å². The van der Waals surface area contributed by atoms with Gasteiger partial charge in [0.2, 0.25) is 0 Å². The van der Waals surface area contributed by atoms with E-state index < -0.39 is 6.10 Å². The topological polar surface area (TPSA) is 72.8 Å². The van der Waals surface area contributed by atoms with Crippen LogP contribution in [0.5, 0.6) is 0 Å². The van der Waals surface area contributed by atoms with Gasteiger partial charge in [0.1, 0.15) is 6.10 Å². The van der Waals surface area contributed by atoms with Gasteiger partial charge < -0.3 is 14.6 Å². The third-order valence-corrected chi connectivity index (χ3v) is 6.93. The Morgan fingerprint density at radius 1 is 1.18 bits per heavy atom.